The molecule has 0 aliphatic heterocycles. The summed E-state index contributed by atoms with van der Waals surface area (Å²) in [6, 6.07) is 1.35. The average Bonchev–Trinajstić information content (AvgIpc) is 3.03. The number of sulfone groups is 1. The van der Waals surface area contributed by atoms with E-state index in [0.717, 1.165) is 6.20 Å². The molecule has 0 amide bonds. The first-order valence-corrected chi connectivity index (χ1v) is 11.6. The molecule has 0 saturated heterocycles. The lowest BCUT2D eigenvalue weighted by molar-refractivity contribution is -0.141. The number of aryl methyl sites for hydroxylation is 1. The summed E-state index contributed by atoms with van der Waals surface area (Å²) >= 11 is 0. The van der Waals surface area contributed by atoms with E-state index in [1.165, 1.54) is 18.5 Å². The Kier molecular flexibility index (Phi) is 5.88. The first-order valence-electron chi connectivity index (χ1n) is 8.51. The van der Waals surface area contributed by atoms with Gasteiger partial charge in [0.25, 0.3) is 0 Å². The summed E-state index contributed by atoms with van der Waals surface area (Å²) < 4.78 is 117. The van der Waals surface area contributed by atoms with Crippen LogP contribution in [0.25, 0.3) is 22.6 Å². The molecule has 0 N–H and O–H groups in total. The van der Waals surface area contributed by atoms with Crippen molar-refractivity contribution in [1.82, 2.24) is 19.5 Å². The van der Waals surface area contributed by atoms with Crippen molar-refractivity contribution in [3.8, 4) is 17.3 Å². The number of nitrogens with zero attached hydrogens (tertiary/aromatic N) is 4. The van der Waals surface area contributed by atoms with E-state index in [4.69, 9.17) is 0 Å². The van der Waals surface area contributed by atoms with Crippen LogP contribution in [0.1, 0.15) is 12.6 Å². The summed E-state index contributed by atoms with van der Waals surface area (Å²) in [4.78, 5) is 10.5. The number of aromatic nitrogens is 4. The topological polar surface area (TPSA) is 121 Å². The number of alkyl halides is 5. The summed E-state index contributed by atoms with van der Waals surface area (Å²) in [5, 5.41) is 0. The second-order valence-corrected chi connectivity index (χ2v) is 10.1. The van der Waals surface area contributed by atoms with Gasteiger partial charge in [-0.25, -0.2) is 23.4 Å². The fraction of sp³-hybridized carbons (Fsp3) is 0.312. The normalized spacial score (nSPS) is 13.1. The van der Waals surface area contributed by atoms with Crippen LogP contribution in [0.5, 0.6) is 5.75 Å². The maximum absolute atomic E-state index is 12.9. The molecule has 0 atom stereocenters. The van der Waals surface area contributed by atoms with Crippen molar-refractivity contribution in [1.29, 1.82) is 0 Å². The molecule has 9 nitrogen and oxygen atoms in total. The van der Waals surface area contributed by atoms with Crippen molar-refractivity contribution in [3.63, 3.8) is 0 Å². The average molecular weight is 500 g/mol. The zero-order valence-corrected chi connectivity index (χ0v) is 17.8. The van der Waals surface area contributed by atoms with Crippen molar-refractivity contribution < 1.29 is 43.0 Å². The van der Waals surface area contributed by atoms with Crippen LogP contribution < -0.4 is 4.18 Å². The standard InChI is InChI=1S/C16H13F5N4O5S2/c1-3-31(26,27)11-4-8(30-32(28,29)15(17)18)6-23-13(11)14-24-9-5-12(16(19,20)21)22-7-10(9)25(14)2/h4-7,15H,3H2,1-2H3. The van der Waals surface area contributed by atoms with Gasteiger partial charge in [0.15, 0.2) is 21.4 Å². The Bertz CT molecular complexity index is 1400. The predicted molar refractivity (Wildman–Crippen MR) is 100 cm³/mol. The molecule has 16 heteroatoms. The molecule has 0 aliphatic carbocycles. The molecule has 3 heterocycles. The van der Waals surface area contributed by atoms with Gasteiger partial charge in [-0.1, -0.05) is 6.92 Å². The quantitative estimate of drug-likeness (QED) is 0.374. The second-order valence-electron chi connectivity index (χ2n) is 6.31. The van der Waals surface area contributed by atoms with Crippen molar-refractivity contribution in [3.05, 3.63) is 30.2 Å². The molecule has 0 aliphatic rings. The Morgan fingerprint density at radius 1 is 1.09 bits per heavy atom. The fourth-order valence-corrected chi connectivity index (χ4v) is 4.14. The van der Waals surface area contributed by atoms with Crippen molar-refractivity contribution in [2.75, 3.05) is 5.75 Å². The van der Waals surface area contributed by atoms with E-state index in [1.807, 2.05) is 0 Å². The highest BCUT2D eigenvalue weighted by Gasteiger charge is 2.33. The van der Waals surface area contributed by atoms with Gasteiger partial charge in [-0.05, 0) is 6.07 Å². The van der Waals surface area contributed by atoms with Crippen LogP contribution >= 0.6 is 0 Å². The molecule has 0 unspecified atom stereocenters. The fourth-order valence-electron chi connectivity index (χ4n) is 2.66. The predicted octanol–water partition coefficient (Wildman–Crippen LogP) is 2.77. The summed E-state index contributed by atoms with van der Waals surface area (Å²) in [5.74, 6) is -5.35. The van der Waals surface area contributed by atoms with E-state index in [-0.39, 0.29) is 22.6 Å². The molecular formula is C16H13F5N4O5S2. The number of hydrogen-bond acceptors (Lipinski definition) is 8. The minimum absolute atomic E-state index is 0.121. The van der Waals surface area contributed by atoms with Gasteiger partial charge in [0, 0.05) is 13.1 Å². The minimum atomic E-state index is -5.35. The maximum Gasteiger partial charge on any atom is 0.433 e. The van der Waals surface area contributed by atoms with E-state index in [0.29, 0.717) is 18.3 Å². The number of halogens is 5. The zero-order valence-electron chi connectivity index (χ0n) is 16.1. The van der Waals surface area contributed by atoms with E-state index < -0.39 is 54.0 Å². The lowest BCUT2D eigenvalue weighted by Crippen LogP contribution is -2.18. The molecule has 3 rings (SSSR count). The monoisotopic (exact) mass is 500 g/mol. The van der Waals surface area contributed by atoms with Gasteiger partial charge < -0.3 is 8.75 Å². The summed E-state index contributed by atoms with van der Waals surface area (Å²) in [5.41, 5.74) is -1.60. The van der Waals surface area contributed by atoms with Crippen LogP contribution in [0.3, 0.4) is 0 Å². The number of hydrogen-bond donors (Lipinski definition) is 0. The molecule has 3 aromatic rings. The molecule has 0 bridgehead atoms. The maximum atomic E-state index is 12.9. The second kappa shape index (κ2) is 7.91. The number of rotatable bonds is 6. The Hall–Kier alpha value is -2.88. The number of pyridine rings is 2. The van der Waals surface area contributed by atoms with Crippen molar-refractivity contribution >= 4 is 31.0 Å². The molecule has 0 saturated carbocycles. The van der Waals surface area contributed by atoms with E-state index in [2.05, 4.69) is 19.1 Å². The number of imidazole rings is 1. The van der Waals surface area contributed by atoms with Gasteiger partial charge >= 0.3 is 22.1 Å². The Morgan fingerprint density at radius 2 is 1.75 bits per heavy atom. The molecule has 0 fully saturated rings. The van der Waals surface area contributed by atoms with Gasteiger partial charge in [0.05, 0.1) is 29.2 Å². The molecule has 174 valence electrons. The Labute approximate surface area is 177 Å². The zero-order chi connectivity index (χ0) is 24.1. The van der Waals surface area contributed by atoms with Crippen molar-refractivity contribution in [2.45, 2.75) is 23.8 Å². The Balaban J connectivity index is 2.23. The lowest BCUT2D eigenvalue weighted by atomic mass is 10.3. The highest BCUT2D eigenvalue weighted by molar-refractivity contribution is 7.91. The number of fused-ring (bicyclic) bond motifs is 1. The summed E-state index contributed by atoms with van der Waals surface area (Å²) in [6.07, 6.45) is -3.16. The van der Waals surface area contributed by atoms with Crippen LogP contribution in [-0.2, 0) is 33.2 Å². The third-order valence-corrected chi connectivity index (χ3v) is 6.85. The molecule has 0 spiro atoms. The van der Waals surface area contributed by atoms with Crippen LogP contribution in [0, 0.1) is 0 Å². The van der Waals surface area contributed by atoms with Crippen LogP contribution in [-0.4, -0.2) is 47.9 Å². The molecule has 0 aromatic carbocycles. The van der Waals surface area contributed by atoms with E-state index in [1.54, 1.807) is 0 Å². The highest BCUT2D eigenvalue weighted by Crippen LogP contribution is 2.33. The van der Waals surface area contributed by atoms with Gasteiger partial charge in [-0.3, -0.25) is 0 Å². The van der Waals surface area contributed by atoms with Crippen LogP contribution in [0.4, 0.5) is 22.0 Å². The SMILES string of the molecule is CCS(=O)(=O)c1cc(OS(=O)(=O)C(F)F)cnc1-c1nc2cc(C(F)(F)F)ncc2n1C. The molecular weight excluding hydrogens is 487 g/mol. The molecule has 0 radical (unpaired) electrons. The third-order valence-electron chi connectivity index (χ3n) is 4.24. The first kappa shape index (κ1) is 23.8. The van der Waals surface area contributed by atoms with Crippen LogP contribution in [0.2, 0.25) is 0 Å². The third kappa shape index (κ3) is 4.36. The van der Waals surface area contributed by atoms with Crippen LogP contribution in [0.15, 0.2) is 29.4 Å². The Morgan fingerprint density at radius 3 is 2.31 bits per heavy atom. The molecule has 32 heavy (non-hydrogen) atoms. The first-order chi connectivity index (χ1) is 14.7. The van der Waals surface area contributed by atoms with E-state index in [9.17, 15) is 38.8 Å². The molecule has 3 aromatic heterocycles. The lowest BCUT2D eigenvalue weighted by Gasteiger charge is -2.11. The largest absolute Gasteiger partial charge is 0.433 e. The highest BCUT2D eigenvalue weighted by atomic mass is 32.2. The van der Waals surface area contributed by atoms with Gasteiger partial charge in [0.1, 0.15) is 16.3 Å². The summed E-state index contributed by atoms with van der Waals surface area (Å²) in [6.45, 7) is 1.26. The summed E-state index contributed by atoms with van der Waals surface area (Å²) in [7, 11) is -8.11. The van der Waals surface area contributed by atoms with E-state index >= 15 is 0 Å². The minimum Gasteiger partial charge on any atom is -0.377 e. The van der Waals surface area contributed by atoms with Gasteiger partial charge in [-0.15, -0.1) is 0 Å². The van der Waals surface area contributed by atoms with Crippen molar-refractivity contribution in [2.24, 2.45) is 7.05 Å². The smallest absolute Gasteiger partial charge is 0.377 e. The van der Waals surface area contributed by atoms with Gasteiger partial charge in [-0.2, -0.15) is 30.4 Å². The van der Waals surface area contributed by atoms with Gasteiger partial charge in [0.2, 0.25) is 0 Å².